The zero-order valence-corrected chi connectivity index (χ0v) is 18.3. The minimum Gasteiger partial charge on any atom is -0.338 e. The molecule has 0 aliphatic carbocycles. The van der Waals surface area contributed by atoms with Crippen molar-refractivity contribution in [3.63, 3.8) is 0 Å². The van der Waals surface area contributed by atoms with Crippen LogP contribution >= 0.6 is 0 Å². The van der Waals surface area contributed by atoms with E-state index >= 15 is 0 Å². The summed E-state index contributed by atoms with van der Waals surface area (Å²) in [6.45, 7) is 7.45. The summed E-state index contributed by atoms with van der Waals surface area (Å²) in [7, 11) is 0. The molecule has 0 saturated carbocycles. The number of pyridine rings is 1. The van der Waals surface area contributed by atoms with Gasteiger partial charge in [-0.2, -0.15) is 0 Å². The molecule has 6 heteroatoms. The molecule has 5 rings (SSSR count). The van der Waals surface area contributed by atoms with E-state index in [1.807, 2.05) is 22.5 Å². The van der Waals surface area contributed by atoms with Crippen LogP contribution in [0.15, 0.2) is 41.2 Å². The van der Waals surface area contributed by atoms with Gasteiger partial charge in [0.1, 0.15) is 0 Å². The van der Waals surface area contributed by atoms with Crippen molar-refractivity contribution in [2.45, 2.75) is 45.2 Å². The molecule has 1 N–H and O–H groups in total. The zero-order valence-electron chi connectivity index (χ0n) is 18.3. The molecule has 4 heterocycles. The summed E-state index contributed by atoms with van der Waals surface area (Å²) in [6, 6.07) is 12.9. The summed E-state index contributed by atoms with van der Waals surface area (Å²) in [4.78, 5) is 30.1. The van der Waals surface area contributed by atoms with Crippen LogP contribution in [0, 0.1) is 5.92 Å². The van der Waals surface area contributed by atoms with Crippen molar-refractivity contribution >= 4 is 6.03 Å². The molecule has 31 heavy (non-hydrogen) atoms. The van der Waals surface area contributed by atoms with Gasteiger partial charge >= 0.3 is 6.03 Å². The Morgan fingerprint density at radius 2 is 1.77 bits per heavy atom. The van der Waals surface area contributed by atoms with E-state index in [9.17, 15) is 9.59 Å². The number of urea groups is 1. The van der Waals surface area contributed by atoms with Crippen molar-refractivity contribution in [1.82, 2.24) is 19.7 Å². The van der Waals surface area contributed by atoms with Crippen LogP contribution < -0.4 is 10.9 Å². The highest BCUT2D eigenvalue weighted by Gasteiger charge is 2.36. The first-order valence-electron chi connectivity index (χ1n) is 11.7. The monoisotopic (exact) mass is 420 g/mol. The van der Waals surface area contributed by atoms with Crippen LogP contribution in [0.4, 0.5) is 4.79 Å². The Bertz CT molecular complexity index is 1000. The van der Waals surface area contributed by atoms with E-state index in [1.54, 1.807) is 0 Å². The lowest BCUT2D eigenvalue weighted by atomic mass is 9.83. The molecule has 2 amide bonds. The van der Waals surface area contributed by atoms with E-state index in [2.05, 4.69) is 40.5 Å². The molecule has 3 aliphatic heterocycles. The molecule has 1 aromatic heterocycles. The Morgan fingerprint density at radius 3 is 2.48 bits per heavy atom. The van der Waals surface area contributed by atoms with Gasteiger partial charge in [0.2, 0.25) is 0 Å². The van der Waals surface area contributed by atoms with Crippen molar-refractivity contribution in [3.8, 4) is 0 Å². The largest absolute Gasteiger partial charge is 0.338 e. The molecule has 3 aliphatic rings. The van der Waals surface area contributed by atoms with Crippen LogP contribution in [-0.4, -0.2) is 53.1 Å². The molecule has 1 saturated heterocycles. The van der Waals surface area contributed by atoms with Crippen molar-refractivity contribution in [2.24, 2.45) is 5.92 Å². The highest BCUT2D eigenvalue weighted by atomic mass is 16.2. The second-order valence-corrected chi connectivity index (χ2v) is 9.28. The third-order valence-electron chi connectivity index (χ3n) is 7.21. The molecular formula is C25H32N4O2. The van der Waals surface area contributed by atoms with Crippen molar-refractivity contribution in [3.05, 3.63) is 69.1 Å². The van der Waals surface area contributed by atoms with Gasteiger partial charge in [-0.05, 0) is 49.3 Å². The Balaban J connectivity index is 1.32. The van der Waals surface area contributed by atoms with Gasteiger partial charge in [-0.3, -0.25) is 9.69 Å². The first-order valence-corrected chi connectivity index (χ1v) is 11.7. The summed E-state index contributed by atoms with van der Waals surface area (Å²) in [6.07, 6.45) is 3.16. The second-order valence-electron chi connectivity index (χ2n) is 9.28. The van der Waals surface area contributed by atoms with Gasteiger partial charge in [0.15, 0.2) is 0 Å². The molecule has 1 aromatic carbocycles. The summed E-state index contributed by atoms with van der Waals surface area (Å²) in [5.74, 6) is 0.610. The molecule has 6 nitrogen and oxygen atoms in total. The Hall–Kier alpha value is -2.60. The Morgan fingerprint density at radius 1 is 1.03 bits per heavy atom. The SMILES string of the molecule is CCNC(=O)N1C[C@@H]2C[C@H](C1)c1ccc(CN3CCc4ccccc4CC3)c(=O)n1C2. The number of carbonyl (C=O) groups is 1. The van der Waals surface area contributed by atoms with Crippen molar-refractivity contribution < 1.29 is 4.79 Å². The van der Waals surface area contributed by atoms with Gasteiger partial charge in [0.25, 0.3) is 5.56 Å². The summed E-state index contributed by atoms with van der Waals surface area (Å²) in [5, 5.41) is 2.92. The van der Waals surface area contributed by atoms with E-state index in [4.69, 9.17) is 0 Å². The molecule has 2 atom stereocenters. The van der Waals surface area contributed by atoms with E-state index in [1.165, 1.54) is 11.1 Å². The first-order chi connectivity index (χ1) is 15.1. The normalized spacial score (nSPS) is 22.9. The highest BCUT2D eigenvalue weighted by molar-refractivity contribution is 5.74. The van der Waals surface area contributed by atoms with Crippen LogP contribution in [0.25, 0.3) is 0 Å². The fourth-order valence-corrected chi connectivity index (χ4v) is 5.65. The first kappa shape index (κ1) is 20.3. The number of nitrogens with one attached hydrogen (secondary N) is 1. The number of benzene rings is 1. The smallest absolute Gasteiger partial charge is 0.317 e. The molecule has 0 unspecified atom stereocenters. The third kappa shape index (κ3) is 4.01. The molecule has 1 fully saturated rings. The lowest BCUT2D eigenvalue weighted by Gasteiger charge is -2.42. The van der Waals surface area contributed by atoms with Crippen molar-refractivity contribution in [1.29, 1.82) is 0 Å². The molecule has 164 valence electrons. The number of piperidine rings is 1. The summed E-state index contributed by atoms with van der Waals surface area (Å²) >= 11 is 0. The maximum absolute atomic E-state index is 13.4. The van der Waals surface area contributed by atoms with E-state index < -0.39 is 0 Å². The number of hydrogen-bond acceptors (Lipinski definition) is 3. The van der Waals surface area contributed by atoms with Crippen molar-refractivity contribution in [2.75, 3.05) is 32.7 Å². The summed E-state index contributed by atoms with van der Waals surface area (Å²) in [5.41, 5.74) is 5.05. The van der Waals surface area contributed by atoms with Crippen LogP contribution in [0.2, 0.25) is 0 Å². The van der Waals surface area contributed by atoms with Crippen LogP contribution in [0.3, 0.4) is 0 Å². The Labute approximate surface area is 183 Å². The minimum absolute atomic E-state index is 0.0202. The molecule has 0 radical (unpaired) electrons. The van der Waals surface area contributed by atoms with Crippen LogP contribution in [-0.2, 0) is 25.9 Å². The number of fused-ring (bicyclic) bond motifs is 5. The average molecular weight is 421 g/mol. The number of amides is 2. The zero-order chi connectivity index (χ0) is 21.4. The lowest BCUT2D eigenvalue weighted by molar-refractivity contribution is 0.131. The number of nitrogens with zero attached hydrogens (tertiary/aromatic N) is 3. The maximum Gasteiger partial charge on any atom is 0.317 e. The second kappa shape index (κ2) is 8.50. The standard InChI is InChI=1S/C25H32N4O2/c1-2-26-25(31)28-14-18-13-22(17-28)23-8-7-21(24(30)29(23)15-18)16-27-11-9-19-5-3-4-6-20(19)10-12-27/h3-8,18,22H,2,9-17H2,1H3,(H,26,31)/t18-,22+/m0/s1. The maximum atomic E-state index is 13.4. The van der Waals surface area contributed by atoms with Crippen LogP contribution in [0.5, 0.6) is 0 Å². The van der Waals surface area contributed by atoms with Crippen LogP contribution in [0.1, 0.15) is 41.6 Å². The fourth-order valence-electron chi connectivity index (χ4n) is 5.65. The predicted octanol–water partition coefficient (Wildman–Crippen LogP) is 2.60. The van der Waals surface area contributed by atoms with Gasteiger partial charge in [-0.1, -0.05) is 30.3 Å². The topological polar surface area (TPSA) is 57.6 Å². The van der Waals surface area contributed by atoms with E-state index in [0.717, 1.165) is 56.7 Å². The van der Waals surface area contributed by atoms with Gasteiger partial charge < -0.3 is 14.8 Å². The summed E-state index contributed by atoms with van der Waals surface area (Å²) < 4.78 is 2.01. The molecular weight excluding hydrogens is 388 g/mol. The number of hydrogen-bond donors (Lipinski definition) is 1. The van der Waals surface area contributed by atoms with Gasteiger partial charge in [0.05, 0.1) is 0 Å². The number of rotatable bonds is 3. The van der Waals surface area contributed by atoms with E-state index in [0.29, 0.717) is 25.6 Å². The fraction of sp³-hybridized carbons (Fsp3) is 0.520. The van der Waals surface area contributed by atoms with Gasteiger partial charge in [-0.25, -0.2) is 4.79 Å². The van der Waals surface area contributed by atoms with Gasteiger partial charge in [-0.15, -0.1) is 0 Å². The number of aromatic nitrogens is 1. The molecule has 0 spiro atoms. The molecule has 2 bridgehead atoms. The highest BCUT2D eigenvalue weighted by Crippen LogP contribution is 2.35. The third-order valence-corrected chi connectivity index (χ3v) is 7.21. The quantitative estimate of drug-likeness (QED) is 0.831. The molecule has 2 aromatic rings. The minimum atomic E-state index is 0.0202. The predicted molar refractivity (Wildman–Crippen MR) is 121 cm³/mol. The Kier molecular flexibility index (Phi) is 5.57. The van der Waals surface area contributed by atoms with Gasteiger partial charge in [0, 0.05) is 63.0 Å². The number of carbonyl (C=O) groups excluding carboxylic acids is 1. The van der Waals surface area contributed by atoms with E-state index in [-0.39, 0.29) is 17.5 Å². The number of likely N-dealkylation sites (tertiary alicyclic amines) is 1. The average Bonchev–Trinajstić information content (AvgIpc) is 2.98. The lowest BCUT2D eigenvalue weighted by Crippen LogP contribution is -2.52.